The Morgan fingerprint density at radius 3 is 2.25 bits per heavy atom. The first kappa shape index (κ1) is 13.5. The fourth-order valence-corrected chi connectivity index (χ4v) is 2.79. The van der Waals surface area contributed by atoms with Gasteiger partial charge in [0.1, 0.15) is 0 Å². The van der Waals surface area contributed by atoms with Gasteiger partial charge in [0, 0.05) is 6.42 Å². The minimum atomic E-state index is -0.622. The molecule has 0 aromatic carbocycles. The van der Waals surface area contributed by atoms with E-state index in [2.05, 4.69) is 13.8 Å². The Bertz CT molecular complexity index is 203. The zero-order valence-corrected chi connectivity index (χ0v) is 10.7. The van der Waals surface area contributed by atoms with Crippen LogP contribution < -0.4 is 0 Å². The van der Waals surface area contributed by atoms with E-state index in [1.165, 1.54) is 32.1 Å². The molecule has 0 aliphatic heterocycles. The largest absolute Gasteiger partial charge is 0.481 e. The van der Waals surface area contributed by atoms with Crippen LogP contribution in [0.25, 0.3) is 0 Å². The van der Waals surface area contributed by atoms with Crippen LogP contribution in [0.3, 0.4) is 0 Å². The van der Waals surface area contributed by atoms with Gasteiger partial charge in [0.05, 0.1) is 0 Å². The van der Waals surface area contributed by atoms with Crippen molar-refractivity contribution in [2.45, 2.75) is 65.2 Å². The van der Waals surface area contributed by atoms with Crippen molar-refractivity contribution >= 4 is 5.97 Å². The third-order valence-corrected chi connectivity index (χ3v) is 3.82. The molecule has 16 heavy (non-hydrogen) atoms. The van der Waals surface area contributed by atoms with Crippen molar-refractivity contribution in [1.82, 2.24) is 0 Å². The van der Waals surface area contributed by atoms with E-state index >= 15 is 0 Å². The summed E-state index contributed by atoms with van der Waals surface area (Å²) < 4.78 is 0. The lowest BCUT2D eigenvalue weighted by molar-refractivity contribution is -0.138. The summed E-state index contributed by atoms with van der Waals surface area (Å²) in [7, 11) is 0. The number of aliphatic carboxylic acids is 1. The minimum Gasteiger partial charge on any atom is -0.481 e. The lowest BCUT2D eigenvalue weighted by Gasteiger charge is -2.27. The van der Waals surface area contributed by atoms with Gasteiger partial charge in [-0.25, -0.2) is 0 Å². The molecule has 0 saturated heterocycles. The molecule has 0 amide bonds. The van der Waals surface area contributed by atoms with Crippen LogP contribution in [-0.2, 0) is 4.79 Å². The average molecular weight is 226 g/mol. The van der Waals surface area contributed by atoms with E-state index in [0.29, 0.717) is 12.3 Å². The van der Waals surface area contributed by atoms with Crippen molar-refractivity contribution < 1.29 is 9.90 Å². The summed E-state index contributed by atoms with van der Waals surface area (Å²) in [6, 6.07) is 0. The number of carbonyl (C=O) groups is 1. The Kier molecular flexibility index (Phi) is 5.86. The highest BCUT2D eigenvalue weighted by atomic mass is 16.4. The second kappa shape index (κ2) is 6.93. The molecule has 1 fully saturated rings. The predicted molar refractivity (Wildman–Crippen MR) is 66.4 cm³/mol. The first-order valence-corrected chi connectivity index (χ1v) is 6.79. The Morgan fingerprint density at radius 2 is 1.75 bits per heavy atom. The van der Waals surface area contributed by atoms with Crippen LogP contribution in [-0.4, -0.2) is 11.1 Å². The lowest BCUT2D eigenvalue weighted by Crippen LogP contribution is -2.17. The van der Waals surface area contributed by atoms with Crippen LogP contribution in [0.15, 0.2) is 0 Å². The van der Waals surface area contributed by atoms with Crippen molar-refractivity contribution in [3.05, 3.63) is 0 Å². The molecule has 0 spiro atoms. The van der Waals surface area contributed by atoms with Crippen LogP contribution in [0.5, 0.6) is 0 Å². The number of carboxylic acids is 1. The summed E-state index contributed by atoms with van der Waals surface area (Å²) in [5.41, 5.74) is 0. The van der Waals surface area contributed by atoms with E-state index in [4.69, 9.17) is 5.11 Å². The Hall–Kier alpha value is -0.530. The lowest BCUT2D eigenvalue weighted by atomic mass is 9.78. The zero-order chi connectivity index (χ0) is 12.0. The maximum absolute atomic E-state index is 10.6. The molecule has 1 N–H and O–H groups in total. The van der Waals surface area contributed by atoms with Gasteiger partial charge in [0.2, 0.25) is 0 Å². The number of hydrogen-bond donors (Lipinski definition) is 1. The molecule has 0 heterocycles. The van der Waals surface area contributed by atoms with Gasteiger partial charge in [-0.1, -0.05) is 46.0 Å². The molecule has 94 valence electrons. The molecule has 1 aliphatic rings. The summed E-state index contributed by atoms with van der Waals surface area (Å²) in [6.45, 7) is 4.56. The van der Waals surface area contributed by atoms with Crippen molar-refractivity contribution in [2.24, 2.45) is 17.8 Å². The molecular formula is C14H26O2. The highest BCUT2D eigenvalue weighted by Crippen LogP contribution is 2.33. The molecular weight excluding hydrogens is 200 g/mol. The minimum absolute atomic E-state index is 0.388. The maximum atomic E-state index is 10.6. The monoisotopic (exact) mass is 226 g/mol. The molecule has 1 aliphatic carbocycles. The predicted octanol–water partition coefficient (Wildman–Crippen LogP) is 4.09. The average Bonchev–Trinajstić information content (AvgIpc) is 2.19. The summed E-state index contributed by atoms with van der Waals surface area (Å²) in [5.74, 6) is 1.54. The number of rotatable bonds is 6. The molecule has 1 saturated carbocycles. The molecule has 2 heteroatoms. The van der Waals surface area contributed by atoms with Crippen molar-refractivity contribution in [1.29, 1.82) is 0 Å². The normalized spacial score (nSPS) is 25.9. The van der Waals surface area contributed by atoms with E-state index in [1.807, 2.05) is 0 Å². The maximum Gasteiger partial charge on any atom is 0.303 e. The van der Waals surface area contributed by atoms with E-state index < -0.39 is 5.97 Å². The van der Waals surface area contributed by atoms with E-state index in [9.17, 15) is 4.79 Å². The van der Waals surface area contributed by atoms with Crippen LogP contribution in [0.1, 0.15) is 65.2 Å². The van der Waals surface area contributed by atoms with Crippen LogP contribution in [0, 0.1) is 17.8 Å². The molecule has 0 bridgehead atoms. The Labute approximate surface area is 99.4 Å². The number of carboxylic acid groups (broad SMARTS) is 1. The summed E-state index contributed by atoms with van der Waals surface area (Å²) in [6.07, 6.45) is 9.24. The van der Waals surface area contributed by atoms with Gasteiger partial charge in [-0.3, -0.25) is 4.79 Å². The molecule has 2 nitrogen and oxygen atoms in total. The van der Waals surface area contributed by atoms with Crippen LogP contribution in [0.2, 0.25) is 0 Å². The Balaban J connectivity index is 2.10. The number of hydrogen-bond acceptors (Lipinski definition) is 1. The summed E-state index contributed by atoms with van der Waals surface area (Å²) in [4.78, 5) is 10.6. The standard InChI is InChI=1S/C14H26O2/c1-11(2)4-3-5-12-6-8-13(9-7-12)10-14(15)16/h11-13H,3-10H2,1-2H3,(H,15,16)/t12-,13-. The van der Waals surface area contributed by atoms with Crippen LogP contribution >= 0.6 is 0 Å². The van der Waals surface area contributed by atoms with Gasteiger partial charge < -0.3 is 5.11 Å². The fraction of sp³-hybridized carbons (Fsp3) is 0.929. The third-order valence-electron chi connectivity index (χ3n) is 3.82. The van der Waals surface area contributed by atoms with Crippen molar-refractivity contribution in [3.8, 4) is 0 Å². The smallest absolute Gasteiger partial charge is 0.303 e. The van der Waals surface area contributed by atoms with Gasteiger partial charge in [-0.15, -0.1) is 0 Å². The SMILES string of the molecule is CC(C)CCC[C@H]1CC[C@H](CC(=O)O)CC1. The van der Waals surface area contributed by atoms with Gasteiger partial charge in [-0.2, -0.15) is 0 Å². The molecule has 0 unspecified atom stereocenters. The van der Waals surface area contributed by atoms with Gasteiger partial charge in [-0.05, 0) is 30.6 Å². The van der Waals surface area contributed by atoms with Gasteiger partial charge in [0.25, 0.3) is 0 Å². The second-order valence-corrected chi connectivity index (χ2v) is 5.81. The summed E-state index contributed by atoms with van der Waals surface area (Å²) in [5, 5.41) is 8.73. The van der Waals surface area contributed by atoms with E-state index in [1.54, 1.807) is 0 Å². The summed E-state index contributed by atoms with van der Waals surface area (Å²) >= 11 is 0. The van der Waals surface area contributed by atoms with Crippen molar-refractivity contribution in [3.63, 3.8) is 0 Å². The van der Waals surface area contributed by atoms with Crippen LogP contribution in [0.4, 0.5) is 0 Å². The topological polar surface area (TPSA) is 37.3 Å². The third kappa shape index (κ3) is 5.53. The van der Waals surface area contributed by atoms with E-state index in [-0.39, 0.29) is 0 Å². The quantitative estimate of drug-likeness (QED) is 0.740. The zero-order valence-electron chi connectivity index (χ0n) is 10.7. The van der Waals surface area contributed by atoms with Gasteiger partial charge in [0.15, 0.2) is 0 Å². The highest BCUT2D eigenvalue weighted by Gasteiger charge is 2.22. The van der Waals surface area contributed by atoms with E-state index in [0.717, 1.165) is 24.7 Å². The molecule has 0 radical (unpaired) electrons. The van der Waals surface area contributed by atoms with Crippen molar-refractivity contribution in [2.75, 3.05) is 0 Å². The molecule has 0 aromatic rings. The molecule has 0 atom stereocenters. The second-order valence-electron chi connectivity index (χ2n) is 5.81. The highest BCUT2D eigenvalue weighted by molar-refractivity contribution is 5.67. The first-order chi connectivity index (χ1) is 7.58. The van der Waals surface area contributed by atoms with Gasteiger partial charge >= 0.3 is 5.97 Å². The first-order valence-electron chi connectivity index (χ1n) is 6.79. The Morgan fingerprint density at radius 1 is 1.19 bits per heavy atom. The molecule has 1 rings (SSSR count). The fourth-order valence-electron chi connectivity index (χ4n) is 2.79. The molecule has 0 aromatic heterocycles.